The second-order valence-corrected chi connectivity index (χ2v) is 13.5. The molecule has 4 rings (SSSR count). The van der Waals surface area contributed by atoms with E-state index >= 15 is 0 Å². The lowest BCUT2D eigenvalue weighted by Gasteiger charge is -2.28. The number of carbonyl (C=O) groups excluding carboxylic acids is 6. The predicted octanol–water partition coefficient (Wildman–Crippen LogP) is 3.87. The van der Waals surface area contributed by atoms with Gasteiger partial charge in [-0.25, -0.2) is 9.59 Å². The van der Waals surface area contributed by atoms with Gasteiger partial charge >= 0.3 is 18.0 Å². The van der Waals surface area contributed by atoms with Gasteiger partial charge in [-0.15, -0.1) is 0 Å². The van der Waals surface area contributed by atoms with E-state index in [0.717, 1.165) is 23.1 Å². The molecule has 14 heteroatoms. The Labute approximate surface area is 307 Å². The summed E-state index contributed by atoms with van der Waals surface area (Å²) in [5.74, 6) is -5.59. The third kappa shape index (κ3) is 11.0. The topological polar surface area (TPSA) is 198 Å². The Kier molecular flexibility index (Phi) is 13.4. The Hall–Kier alpha value is -6.05. The van der Waals surface area contributed by atoms with E-state index in [1.165, 1.54) is 12.1 Å². The summed E-state index contributed by atoms with van der Waals surface area (Å²) in [5, 5.41) is 17.2. The van der Waals surface area contributed by atoms with Crippen molar-refractivity contribution in [1.82, 2.24) is 20.9 Å². The molecule has 53 heavy (non-hydrogen) atoms. The fraction of sp³-hybridized carbons (Fsp3) is 0.359. The van der Waals surface area contributed by atoms with Gasteiger partial charge in [0.2, 0.25) is 11.8 Å². The number of aliphatic carboxylic acids is 1. The number of carboxylic acids is 1. The van der Waals surface area contributed by atoms with Gasteiger partial charge in [0.1, 0.15) is 23.7 Å². The first-order valence-corrected chi connectivity index (χ1v) is 17.2. The van der Waals surface area contributed by atoms with E-state index in [-0.39, 0.29) is 30.5 Å². The summed E-state index contributed by atoms with van der Waals surface area (Å²) in [6, 6.07) is 18.5. The van der Waals surface area contributed by atoms with Gasteiger partial charge in [0.25, 0.3) is 11.8 Å². The monoisotopic (exact) mass is 728 g/mol. The van der Waals surface area contributed by atoms with Crippen molar-refractivity contribution < 1.29 is 48.1 Å². The molecule has 1 heterocycles. The van der Waals surface area contributed by atoms with E-state index in [0.29, 0.717) is 18.4 Å². The number of amides is 5. The number of methoxy groups -OCH3 is 1. The Bertz CT molecular complexity index is 1790. The van der Waals surface area contributed by atoms with Crippen molar-refractivity contribution in [2.75, 3.05) is 13.7 Å². The standard InChI is InChI=1S/C39H44N4O10/c1-39(2,3)53-38(51)40-21-11-10-16-29(37(50)52-4)41-33(46)30(23-32(44)45)42-34(47)31(43-35(48)27-14-8-9-15-28(27)36(43)49)22-24-17-19-26(20-18-24)25-12-6-5-7-13-25/h5-9,12-15,17-20,29-31H,10-11,16,21-23H2,1-4H3,(H,40,51)(H,41,46)(H,42,47)(H,44,45)/t29-,30-,31-/m0/s1. The van der Waals surface area contributed by atoms with Gasteiger partial charge in [-0.3, -0.25) is 28.9 Å². The number of esters is 1. The van der Waals surface area contributed by atoms with Crippen molar-refractivity contribution in [3.8, 4) is 11.1 Å². The van der Waals surface area contributed by atoms with Gasteiger partial charge in [0.05, 0.1) is 24.7 Å². The van der Waals surface area contributed by atoms with Crippen LogP contribution >= 0.6 is 0 Å². The lowest BCUT2D eigenvalue weighted by atomic mass is 9.99. The Morgan fingerprint density at radius 2 is 1.32 bits per heavy atom. The number of alkyl carbamates (subject to hydrolysis) is 1. The number of nitrogens with one attached hydrogen (secondary N) is 3. The quantitative estimate of drug-likeness (QED) is 0.0955. The number of imide groups is 1. The van der Waals surface area contributed by atoms with Crippen molar-refractivity contribution in [2.45, 2.75) is 76.6 Å². The molecule has 0 unspecified atom stereocenters. The van der Waals surface area contributed by atoms with E-state index in [2.05, 4.69) is 16.0 Å². The maximum atomic E-state index is 14.1. The molecule has 0 bridgehead atoms. The van der Waals surface area contributed by atoms with Crippen LogP contribution in [0.5, 0.6) is 0 Å². The lowest BCUT2D eigenvalue weighted by molar-refractivity contribution is -0.146. The average molecular weight is 729 g/mol. The number of benzene rings is 3. The van der Waals surface area contributed by atoms with Gasteiger partial charge in [0, 0.05) is 13.0 Å². The second-order valence-electron chi connectivity index (χ2n) is 13.5. The van der Waals surface area contributed by atoms with E-state index in [4.69, 9.17) is 9.47 Å². The van der Waals surface area contributed by atoms with Crippen LogP contribution in [0.2, 0.25) is 0 Å². The van der Waals surface area contributed by atoms with Gasteiger partial charge in [-0.05, 0) is 68.9 Å². The molecule has 5 amide bonds. The minimum Gasteiger partial charge on any atom is -0.481 e. The number of hydrogen-bond donors (Lipinski definition) is 4. The molecular formula is C39H44N4O10. The summed E-state index contributed by atoms with van der Waals surface area (Å²) in [5.41, 5.74) is 1.99. The van der Waals surface area contributed by atoms with Crippen LogP contribution in [0.15, 0.2) is 78.9 Å². The third-order valence-electron chi connectivity index (χ3n) is 8.33. The first-order valence-electron chi connectivity index (χ1n) is 17.2. The van der Waals surface area contributed by atoms with Crippen LogP contribution in [0, 0.1) is 0 Å². The van der Waals surface area contributed by atoms with Crippen LogP contribution < -0.4 is 16.0 Å². The van der Waals surface area contributed by atoms with Crippen LogP contribution in [0.4, 0.5) is 4.79 Å². The van der Waals surface area contributed by atoms with Crippen molar-refractivity contribution in [3.63, 3.8) is 0 Å². The summed E-state index contributed by atoms with van der Waals surface area (Å²) in [4.78, 5) is 91.9. The van der Waals surface area contributed by atoms with Crippen LogP contribution in [0.3, 0.4) is 0 Å². The summed E-state index contributed by atoms with van der Waals surface area (Å²) >= 11 is 0. The van der Waals surface area contributed by atoms with E-state index in [9.17, 15) is 38.7 Å². The zero-order chi connectivity index (χ0) is 38.7. The molecule has 1 aliphatic rings. The number of nitrogens with zero attached hydrogens (tertiary/aromatic N) is 1. The van der Waals surface area contributed by atoms with Crippen molar-refractivity contribution >= 4 is 41.7 Å². The van der Waals surface area contributed by atoms with Crippen molar-refractivity contribution in [2.24, 2.45) is 0 Å². The van der Waals surface area contributed by atoms with Crippen LogP contribution in [-0.2, 0) is 35.1 Å². The van der Waals surface area contributed by atoms with Crippen molar-refractivity contribution in [3.05, 3.63) is 95.6 Å². The Morgan fingerprint density at radius 3 is 1.89 bits per heavy atom. The normalized spacial score (nSPS) is 14.0. The molecule has 3 aromatic carbocycles. The van der Waals surface area contributed by atoms with Gasteiger partial charge in [0.15, 0.2) is 0 Å². The molecular weight excluding hydrogens is 684 g/mol. The highest BCUT2D eigenvalue weighted by atomic mass is 16.6. The summed E-state index contributed by atoms with van der Waals surface area (Å²) in [6.45, 7) is 5.41. The van der Waals surface area contributed by atoms with E-state index in [1.807, 2.05) is 42.5 Å². The minimum absolute atomic E-state index is 0.0682. The molecule has 0 saturated carbocycles. The fourth-order valence-corrected chi connectivity index (χ4v) is 5.77. The lowest BCUT2D eigenvalue weighted by Crippen LogP contribution is -2.57. The molecule has 0 aromatic heterocycles. The molecule has 3 atom stereocenters. The molecule has 14 nitrogen and oxygen atoms in total. The highest BCUT2D eigenvalue weighted by molar-refractivity contribution is 6.23. The molecule has 1 aliphatic heterocycles. The van der Waals surface area contributed by atoms with Crippen LogP contribution in [0.25, 0.3) is 11.1 Å². The number of ether oxygens (including phenoxy) is 2. The smallest absolute Gasteiger partial charge is 0.407 e. The molecule has 0 aliphatic carbocycles. The number of unbranched alkanes of at least 4 members (excludes halogenated alkanes) is 1. The zero-order valence-electron chi connectivity index (χ0n) is 30.0. The van der Waals surface area contributed by atoms with E-state index < -0.39 is 71.8 Å². The van der Waals surface area contributed by atoms with Crippen LogP contribution in [-0.4, -0.2) is 89.0 Å². The first kappa shape index (κ1) is 39.7. The molecule has 0 fully saturated rings. The van der Waals surface area contributed by atoms with E-state index in [1.54, 1.807) is 45.0 Å². The molecule has 0 spiro atoms. The number of hydrogen-bond acceptors (Lipinski definition) is 9. The second kappa shape index (κ2) is 17.9. The summed E-state index contributed by atoms with van der Waals surface area (Å²) in [7, 11) is 1.13. The van der Waals surface area contributed by atoms with Gasteiger partial charge in [-0.1, -0.05) is 66.7 Å². The maximum Gasteiger partial charge on any atom is 0.407 e. The maximum absolute atomic E-state index is 14.1. The first-order chi connectivity index (χ1) is 25.2. The average Bonchev–Trinajstić information content (AvgIpc) is 3.37. The Morgan fingerprint density at radius 1 is 0.755 bits per heavy atom. The molecule has 0 saturated heterocycles. The molecule has 0 radical (unpaired) electrons. The minimum atomic E-state index is -1.70. The fourth-order valence-electron chi connectivity index (χ4n) is 5.77. The highest BCUT2D eigenvalue weighted by Crippen LogP contribution is 2.27. The number of rotatable bonds is 16. The largest absolute Gasteiger partial charge is 0.481 e. The molecule has 3 aromatic rings. The molecule has 280 valence electrons. The highest BCUT2D eigenvalue weighted by Gasteiger charge is 2.43. The number of carbonyl (C=O) groups is 7. The number of fused-ring (bicyclic) bond motifs is 1. The SMILES string of the molecule is COC(=O)[C@H](CCCCNC(=O)OC(C)(C)C)NC(=O)[C@H](CC(=O)O)NC(=O)[C@H](Cc1ccc(-c2ccccc2)cc1)N1C(=O)c2ccccc2C1=O. The van der Waals surface area contributed by atoms with Crippen LogP contribution in [0.1, 0.15) is 72.7 Å². The van der Waals surface area contributed by atoms with Gasteiger partial charge < -0.3 is 30.5 Å². The third-order valence-corrected chi connectivity index (χ3v) is 8.33. The number of carboxylic acid groups (broad SMARTS) is 1. The molecule has 4 N–H and O–H groups in total. The van der Waals surface area contributed by atoms with Crippen molar-refractivity contribution in [1.29, 1.82) is 0 Å². The zero-order valence-corrected chi connectivity index (χ0v) is 30.0. The predicted molar refractivity (Wildman–Crippen MR) is 193 cm³/mol. The van der Waals surface area contributed by atoms with Gasteiger partial charge in [-0.2, -0.15) is 0 Å². The Balaban J connectivity index is 1.51. The summed E-state index contributed by atoms with van der Waals surface area (Å²) in [6.07, 6.45) is -0.796. The summed E-state index contributed by atoms with van der Waals surface area (Å²) < 4.78 is 10.0.